The van der Waals surface area contributed by atoms with Crippen LogP contribution in [-0.4, -0.2) is 37.4 Å². The van der Waals surface area contributed by atoms with Crippen molar-refractivity contribution in [1.82, 2.24) is 10.4 Å². The van der Waals surface area contributed by atoms with Gasteiger partial charge in [0.2, 0.25) is 0 Å². The summed E-state index contributed by atoms with van der Waals surface area (Å²) in [6.45, 7) is 5.05. The van der Waals surface area contributed by atoms with Crippen LogP contribution in [0.1, 0.15) is 13.8 Å². The summed E-state index contributed by atoms with van der Waals surface area (Å²) in [6.07, 6.45) is 0. The third-order valence-electron chi connectivity index (χ3n) is 1.30. The van der Waals surface area contributed by atoms with Crippen LogP contribution in [-0.2, 0) is 0 Å². The minimum absolute atomic E-state index is 0.0235. The molecule has 0 saturated heterocycles. The lowest BCUT2D eigenvalue weighted by Crippen LogP contribution is -2.39. The molecule has 0 aliphatic heterocycles. The average molecular weight is 146 g/mol. The predicted octanol–water partition coefficient (Wildman–Crippen LogP) is 0.0711. The number of hydrogen-bond acceptors (Lipinski definition) is 3. The van der Waals surface area contributed by atoms with E-state index < -0.39 is 0 Å². The molecule has 2 N–H and O–H groups in total. The standard InChI is InChI=1S/C7H18N2O/c1-7(2,6-10)5-8-9(3)4/h8,10H,5-6H2,1-4H3. The van der Waals surface area contributed by atoms with Gasteiger partial charge in [0.15, 0.2) is 0 Å². The second-order valence-corrected chi connectivity index (χ2v) is 3.55. The first kappa shape index (κ1) is 9.88. The van der Waals surface area contributed by atoms with Crippen molar-refractivity contribution < 1.29 is 5.11 Å². The van der Waals surface area contributed by atoms with E-state index in [9.17, 15) is 0 Å². The van der Waals surface area contributed by atoms with E-state index >= 15 is 0 Å². The van der Waals surface area contributed by atoms with E-state index in [1.807, 2.05) is 33.0 Å². The van der Waals surface area contributed by atoms with Crippen molar-refractivity contribution in [3.8, 4) is 0 Å². The summed E-state index contributed by atoms with van der Waals surface area (Å²) in [5.74, 6) is 0. The highest BCUT2D eigenvalue weighted by Gasteiger charge is 2.15. The summed E-state index contributed by atoms with van der Waals surface area (Å²) < 4.78 is 0. The number of nitrogens with one attached hydrogen (secondary N) is 1. The van der Waals surface area contributed by atoms with Crippen LogP contribution < -0.4 is 5.43 Å². The van der Waals surface area contributed by atoms with E-state index in [4.69, 9.17) is 5.11 Å². The van der Waals surface area contributed by atoms with Gasteiger partial charge in [-0.1, -0.05) is 13.8 Å². The van der Waals surface area contributed by atoms with Crippen molar-refractivity contribution in [2.24, 2.45) is 5.41 Å². The van der Waals surface area contributed by atoms with E-state index in [0.29, 0.717) is 0 Å². The molecule has 0 amide bonds. The summed E-state index contributed by atoms with van der Waals surface area (Å²) in [5, 5.41) is 10.7. The third kappa shape index (κ3) is 4.73. The molecular weight excluding hydrogens is 128 g/mol. The van der Waals surface area contributed by atoms with Gasteiger partial charge in [0.05, 0.1) is 0 Å². The van der Waals surface area contributed by atoms with Crippen LogP contribution in [0.4, 0.5) is 0 Å². The maximum absolute atomic E-state index is 8.85. The second-order valence-electron chi connectivity index (χ2n) is 3.55. The number of rotatable bonds is 4. The molecule has 0 aromatic carbocycles. The Balaban J connectivity index is 3.46. The lowest BCUT2D eigenvalue weighted by atomic mass is 9.95. The Bertz CT molecular complexity index is 91.6. The van der Waals surface area contributed by atoms with Crippen LogP contribution in [0, 0.1) is 5.41 Å². The maximum atomic E-state index is 8.85. The highest BCUT2D eigenvalue weighted by atomic mass is 16.3. The molecule has 0 radical (unpaired) electrons. The van der Waals surface area contributed by atoms with Crippen molar-refractivity contribution in [3.05, 3.63) is 0 Å². The fraction of sp³-hybridized carbons (Fsp3) is 1.00. The molecule has 0 rings (SSSR count). The highest BCUT2D eigenvalue weighted by molar-refractivity contribution is 4.68. The third-order valence-corrected chi connectivity index (χ3v) is 1.30. The number of aliphatic hydroxyl groups is 1. The summed E-state index contributed by atoms with van der Waals surface area (Å²) in [6, 6.07) is 0. The molecule has 0 spiro atoms. The SMILES string of the molecule is CN(C)NCC(C)(C)CO. The lowest BCUT2D eigenvalue weighted by molar-refractivity contribution is 0.129. The molecule has 0 aliphatic carbocycles. The average Bonchev–Trinajstić information content (AvgIpc) is 1.85. The second kappa shape index (κ2) is 3.91. The van der Waals surface area contributed by atoms with Crippen molar-refractivity contribution in [1.29, 1.82) is 0 Å². The van der Waals surface area contributed by atoms with Gasteiger partial charge in [0, 0.05) is 32.7 Å². The first-order valence-electron chi connectivity index (χ1n) is 3.49. The van der Waals surface area contributed by atoms with Gasteiger partial charge in [-0.05, 0) is 0 Å². The van der Waals surface area contributed by atoms with Crippen LogP contribution in [0.15, 0.2) is 0 Å². The van der Waals surface area contributed by atoms with Gasteiger partial charge in [-0.25, -0.2) is 0 Å². The Morgan fingerprint density at radius 3 is 2.20 bits per heavy atom. The molecule has 0 aromatic heterocycles. The van der Waals surface area contributed by atoms with Gasteiger partial charge in [-0.3, -0.25) is 10.4 Å². The van der Waals surface area contributed by atoms with Gasteiger partial charge < -0.3 is 5.11 Å². The van der Waals surface area contributed by atoms with Crippen molar-refractivity contribution in [3.63, 3.8) is 0 Å². The summed E-state index contributed by atoms with van der Waals surface area (Å²) >= 11 is 0. The topological polar surface area (TPSA) is 35.5 Å². The van der Waals surface area contributed by atoms with Crippen LogP contribution in [0.5, 0.6) is 0 Å². The minimum Gasteiger partial charge on any atom is -0.396 e. The van der Waals surface area contributed by atoms with Gasteiger partial charge in [-0.15, -0.1) is 0 Å². The molecular formula is C7H18N2O. The van der Waals surface area contributed by atoms with E-state index in [-0.39, 0.29) is 12.0 Å². The molecule has 62 valence electrons. The van der Waals surface area contributed by atoms with Crippen molar-refractivity contribution in [2.75, 3.05) is 27.2 Å². The monoisotopic (exact) mass is 146 g/mol. The number of nitrogens with zero attached hydrogens (tertiary/aromatic N) is 1. The summed E-state index contributed by atoms with van der Waals surface area (Å²) in [4.78, 5) is 0. The van der Waals surface area contributed by atoms with E-state index in [1.165, 1.54) is 0 Å². The van der Waals surface area contributed by atoms with Crippen LogP contribution in [0.2, 0.25) is 0 Å². The van der Waals surface area contributed by atoms with E-state index in [0.717, 1.165) is 6.54 Å². The number of aliphatic hydroxyl groups excluding tert-OH is 1. The van der Waals surface area contributed by atoms with Gasteiger partial charge in [-0.2, -0.15) is 0 Å². The largest absolute Gasteiger partial charge is 0.396 e. The Labute approximate surface area is 63.0 Å². The Morgan fingerprint density at radius 1 is 1.40 bits per heavy atom. The minimum atomic E-state index is -0.0235. The molecule has 0 fully saturated rings. The zero-order valence-electron chi connectivity index (χ0n) is 7.31. The van der Waals surface area contributed by atoms with Crippen molar-refractivity contribution in [2.45, 2.75) is 13.8 Å². The van der Waals surface area contributed by atoms with E-state index in [2.05, 4.69) is 5.43 Å². The first-order valence-corrected chi connectivity index (χ1v) is 3.49. The number of hydrogen-bond donors (Lipinski definition) is 2. The fourth-order valence-electron chi connectivity index (χ4n) is 0.428. The van der Waals surface area contributed by atoms with Crippen LogP contribution in [0.25, 0.3) is 0 Å². The molecule has 0 saturated carbocycles. The molecule has 3 nitrogen and oxygen atoms in total. The Kier molecular flexibility index (Phi) is 3.86. The maximum Gasteiger partial charge on any atom is 0.0494 e. The zero-order chi connectivity index (χ0) is 8.20. The fourth-order valence-corrected chi connectivity index (χ4v) is 0.428. The van der Waals surface area contributed by atoms with Crippen LogP contribution >= 0.6 is 0 Å². The van der Waals surface area contributed by atoms with E-state index in [1.54, 1.807) is 0 Å². The molecule has 0 bridgehead atoms. The molecule has 0 heterocycles. The van der Waals surface area contributed by atoms with Crippen molar-refractivity contribution >= 4 is 0 Å². The summed E-state index contributed by atoms with van der Waals surface area (Å²) in [5.41, 5.74) is 3.09. The molecule has 3 heteroatoms. The zero-order valence-corrected chi connectivity index (χ0v) is 7.31. The predicted molar refractivity (Wildman–Crippen MR) is 42.6 cm³/mol. The summed E-state index contributed by atoms with van der Waals surface area (Å²) in [7, 11) is 3.88. The molecule has 10 heavy (non-hydrogen) atoms. The number of hydrazine groups is 1. The Morgan fingerprint density at radius 2 is 1.90 bits per heavy atom. The molecule has 0 aromatic rings. The van der Waals surface area contributed by atoms with Gasteiger partial charge in [0.1, 0.15) is 0 Å². The smallest absolute Gasteiger partial charge is 0.0494 e. The lowest BCUT2D eigenvalue weighted by Gasteiger charge is -2.24. The molecule has 0 unspecified atom stereocenters. The highest BCUT2D eigenvalue weighted by Crippen LogP contribution is 2.10. The quantitative estimate of drug-likeness (QED) is 0.551. The first-order chi connectivity index (χ1) is 4.48. The molecule has 0 aliphatic rings. The van der Waals surface area contributed by atoms with Gasteiger partial charge >= 0.3 is 0 Å². The normalized spacial score (nSPS) is 12.6. The van der Waals surface area contributed by atoms with Gasteiger partial charge in [0.25, 0.3) is 0 Å². The molecule has 0 atom stereocenters. The van der Waals surface area contributed by atoms with Crippen LogP contribution in [0.3, 0.4) is 0 Å². The Hall–Kier alpha value is -0.120.